The number of fused-ring (bicyclic) bond motifs is 4. The molecule has 140 valence electrons. The summed E-state index contributed by atoms with van der Waals surface area (Å²) in [6, 6.07) is 15.9. The fourth-order valence-corrected chi connectivity index (χ4v) is 7.75. The van der Waals surface area contributed by atoms with Crippen LogP contribution in [0.5, 0.6) is 0 Å². The van der Waals surface area contributed by atoms with Crippen LogP contribution in [0.3, 0.4) is 0 Å². The third-order valence-corrected chi connectivity index (χ3v) is 9.48. The molecule has 1 fully saturated rings. The van der Waals surface area contributed by atoms with E-state index < -0.39 is 10.0 Å². The predicted molar refractivity (Wildman–Crippen MR) is 111 cm³/mol. The highest BCUT2D eigenvalue weighted by molar-refractivity contribution is 9.11. The van der Waals surface area contributed by atoms with E-state index in [1.165, 1.54) is 17.0 Å². The van der Waals surface area contributed by atoms with Crippen molar-refractivity contribution in [3.05, 3.63) is 64.2 Å². The van der Waals surface area contributed by atoms with E-state index in [-0.39, 0.29) is 5.54 Å². The van der Waals surface area contributed by atoms with Gasteiger partial charge in [0, 0.05) is 25.0 Å². The average molecular weight is 464 g/mol. The molecule has 0 bridgehead atoms. The number of para-hydroxylation sites is 2. The van der Waals surface area contributed by atoms with E-state index in [0.29, 0.717) is 17.3 Å². The molecule has 0 unspecified atom stereocenters. The fraction of sp³-hybridized carbons (Fsp3) is 0.263. The van der Waals surface area contributed by atoms with Crippen molar-refractivity contribution in [2.24, 2.45) is 0 Å². The molecular formula is C19H18BrN3O2S2. The lowest BCUT2D eigenvalue weighted by Gasteiger charge is -2.45. The minimum atomic E-state index is -3.43. The summed E-state index contributed by atoms with van der Waals surface area (Å²) in [5.74, 6) is 0. The molecule has 2 aliphatic rings. The molecule has 5 rings (SSSR count). The zero-order valence-electron chi connectivity index (χ0n) is 14.4. The second kappa shape index (κ2) is 6.20. The first-order chi connectivity index (χ1) is 13.0. The van der Waals surface area contributed by atoms with Gasteiger partial charge in [-0.25, -0.2) is 8.42 Å². The lowest BCUT2D eigenvalue weighted by molar-refractivity contribution is 0.248. The molecule has 1 aromatic carbocycles. The summed E-state index contributed by atoms with van der Waals surface area (Å²) in [5.41, 5.74) is 3.21. The van der Waals surface area contributed by atoms with Gasteiger partial charge in [-0.05, 0) is 65.2 Å². The molecule has 1 N–H and O–H groups in total. The van der Waals surface area contributed by atoms with Crippen LogP contribution in [0, 0.1) is 0 Å². The minimum Gasteiger partial charge on any atom is -0.372 e. The number of halogens is 1. The van der Waals surface area contributed by atoms with Gasteiger partial charge in [-0.2, -0.15) is 4.31 Å². The van der Waals surface area contributed by atoms with Gasteiger partial charge in [0.1, 0.15) is 4.21 Å². The van der Waals surface area contributed by atoms with E-state index in [0.717, 1.165) is 28.0 Å². The maximum atomic E-state index is 13.0. The van der Waals surface area contributed by atoms with Gasteiger partial charge in [0.15, 0.2) is 0 Å². The Morgan fingerprint density at radius 1 is 1.04 bits per heavy atom. The van der Waals surface area contributed by atoms with Gasteiger partial charge in [-0.15, -0.1) is 11.3 Å². The van der Waals surface area contributed by atoms with Crippen LogP contribution in [-0.4, -0.2) is 30.4 Å². The highest BCUT2D eigenvalue weighted by atomic mass is 79.9. The maximum Gasteiger partial charge on any atom is 0.252 e. The summed E-state index contributed by atoms with van der Waals surface area (Å²) in [5, 5.41) is 3.72. The molecule has 1 spiro atoms. The SMILES string of the molecule is O=S(=O)(c1ccc(Br)s1)N1CCC2(CC1)Nc1ccccc1-n1cccc12. The summed E-state index contributed by atoms with van der Waals surface area (Å²) in [4.78, 5) is 0. The Balaban J connectivity index is 1.46. The van der Waals surface area contributed by atoms with Crippen LogP contribution >= 0.6 is 27.3 Å². The van der Waals surface area contributed by atoms with Crippen LogP contribution in [0.1, 0.15) is 18.5 Å². The molecule has 1 saturated heterocycles. The Morgan fingerprint density at radius 3 is 2.56 bits per heavy atom. The maximum absolute atomic E-state index is 13.0. The Labute approximate surface area is 170 Å². The number of nitrogens with zero attached hydrogens (tertiary/aromatic N) is 2. The first-order valence-electron chi connectivity index (χ1n) is 8.81. The van der Waals surface area contributed by atoms with Crippen molar-refractivity contribution in [1.29, 1.82) is 0 Å². The van der Waals surface area contributed by atoms with E-state index in [1.807, 2.05) is 12.1 Å². The number of aromatic nitrogens is 1. The van der Waals surface area contributed by atoms with Crippen molar-refractivity contribution in [2.75, 3.05) is 18.4 Å². The van der Waals surface area contributed by atoms with Crippen LogP contribution in [-0.2, 0) is 15.6 Å². The molecule has 4 heterocycles. The van der Waals surface area contributed by atoms with Crippen LogP contribution in [0.15, 0.2) is 62.7 Å². The molecule has 8 heteroatoms. The number of nitrogens with one attached hydrogen (secondary N) is 1. The quantitative estimate of drug-likeness (QED) is 0.612. The third kappa shape index (κ3) is 2.69. The molecule has 0 amide bonds. The number of benzene rings is 1. The van der Waals surface area contributed by atoms with Crippen molar-refractivity contribution in [3.8, 4) is 5.69 Å². The third-order valence-electron chi connectivity index (χ3n) is 5.50. The number of anilines is 1. The summed E-state index contributed by atoms with van der Waals surface area (Å²) >= 11 is 4.62. The molecule has 0 radical (unpaired) electrons. The van der Waals surface area contributed by atoms with E-state index in [2.05, 4.69) is 56.3 Å². The second-order valence-electron chi connectivity index (χ2n) is 6.95. The van der Waals surface area contributed by atoms with Crippen molar-refractivity contribution in [1.82, 2.24) is 8.87 Å². The lowest BCUT2D eigenvalue weighted by atomic mass is 9.83. The standard InChI is InChI=1S/C19H18BrN3O2S2/c20-17-7-8-18(26-17)27(24,25)22-12-9-19(10-13-22)16-6-3-11-23(16)15-5-2-1-4-14(15)21-19/h1-8,11,21H,9-10,12-13H2. The normalized spacial score (nSPS) is 18.7. The topological polar surface area (TPSA) is 54.3 Å². The van der Waals surface area contributed by atoms with E-state index >= 15 is 0 Å². The first-order valence-corrected chi connectivity index (χ1v) is 11.9. The largest absolute Gasteiger partial charge is 0.372 e. The Hall–Kier alpha value is -1.61. The van der Waals surface area contributed by atoms with Crippen LogP contribution in [0.25, 0.3) is 5.69 Å². The van der Waals surface area contributed by atoms with Gasteiger partial charge in [-0.1, -0.05) is 12.1 Å². The highest BCUT2D eigenvalue weighted by Crippen LogP contribution is 2.44. The zero-order valence-corrected chi connectivity index (χ0v) is 17.6. The summed E-state index contributed by atoms with van der Waals surface area (Å²) in [7, 11) is -3.43. The number of thiophene rings is 1. The molecule has 0 aliphatic carbocycles. The predicted octanol–water partition coefficient (Wildman–Crippen LogP) is 4.41. The van der Waals surface area contributed by atoms with Gasteiger partial charge in [0.25, 0.3) is 10.0 Å². The Bertz CT molecular complexity index is 1110. The number of hydrogen-bond donors (Lipinski definition) is 1. The molecule has 27 heavy (non-hydrogen) atoms. The van der Waals surface area contributed by atoms with Crippen molar-refractivity contribution >= 4 is 43.0 Å². The van der Waals surface area contributed by atoms with E-state index in [4.69, 9.17) is 0 Å². The Kier molecular flexibility index (Phi) is 4.02. The molecular weight excluding hydrogens is 446 g/mol. The first kappa shape index (κ1) is 17.5. The zero-order chi connectivity index (χ0) is 18.6. The second-order valence-corrected chi connectivity index (χ2v) is 11.6. The van der Waals surface area contributed by atoms with Crippen LogP contribution < -0.4 is 5.32 Å². The van der Waals surface area contributed by atoms with E-state index in [1.54, 1.807) is 16.4 Å². The number of piperidine rings is 1. The minimum absolute atomic E-state index is 0.236. The van der Waals surface area contributed by atoms with Crippen LogP contribution in [0.4, 0.5) is 5.69 Å². The molecule has 3 aromatic rings. The molecule has 0 atom stereocenters. The van der Waals surface area contributed by atoms with Gasteiger partial charge in [0.05, 0.1) is 20.7 Å². The van der Waals surface area contributed by atoms with Crippen molar-refractivity contribution < 1.29 is 8.42 Å². The molecule has 2 aliphatic heterocycles. The van der Waals surface area contributed by atoms with Crippen molar-refractivity contribution in [2.45, 2.75) is 22.6 Å². The summed E-state index contributed by atoms with van der Waals surface area (Å²) in [6.07, 6.45) is 3.55. The average Bonchev–Trinajstić information content (AvgIpc) is 3.32. The van der Waals surface area contributed by atoms with Gasteiger partial charge < -0.3 is 9.88 Å². The van der Waals surface area contributed by atoms with Gasteiger partial charge in [-0.3, -0.25) is 0 Å². The monoisotopic (exact) mass is 463 g/mol. The summed E-state index contributed by atoms with van der Waals surface area (Å²) in [6.45, 7) is 0.996. The highest BCUT2D eigenvalue weighted by Gasteiger charge is 2.43. The van der Waals surface area contributed by atoms with Gasteiger partial charge >= 0.3 is 0 Å². The van der Waals surface area contributed by atoms with Crippen molar-refractivity contribution in [3.63, 3.8) is 0 Å². The van der Waals surface area contributed by atoms with Gasteiger partial charge in [0.2, 0.25) is 0 Å². The Morgan fingerprint density at radius 2 is 1.81 bits per heavy atom. The lowest BCUT2D eigenvalue weighted by Crippen LogP contribution is -2.50. The smallest absolute Gasteiger partial charge is 0.252 e. The number of hydrogen-bond acceptors (Lipinski definition) is 4. The molecule has 5 nitrogen and oxygen atoms in total. The molecule has 0 saturated carbocycles. The fourth-order valence-electron chi connectivity index (χ4n) is 4.15. The number of sulfonamides is 1. The molecule has 2 aromatic heterocycles. The number of rotatable bonds is 2. The van der Waals surface area contributed by atoms with Crippen LogP contribution in [0.2, 0.25) is 0 Å². The summed E-state index contributed by atoms with van der Waals surface area (Å²) < 4.78 is 31.0. The van der Waals surface area contributed by atoms with E-state index in [9.17, 15) is 8.42 Å².